The molecule has 0 saturated carbocycles. The number of benzene rings is 1. The van der Waals surface area contributed by atoms with E-state index in [4.69, 9.17) is 0 Å². The molecule has 1 unspecified atom stereocenters. The van der Waals surface area contributed by atoms with Crippen molar-refractivity contribution >= 4 is 5.91 Å². The Kier molecular flexibility index (Phi) is 5.20. The molecule has 1 atom stereocenters. The number of nitrogens with one attached hydrogen (secondary N) is 1. The average molecular weight is 374 g/mol. The maximum absolute atomic E-state index is 14.0. The van der Waals surface area contributed by atoms with Crippen LogP contribution in [0.3, 0.4) is 0 Å². The summed E-state index contributed by atoms with van der Waals surface area (Å²) in [5.41, 5.74) is 1.53. The monoisotopic (exact) mass is 374 g/mol. The third kappa shape index (κ3) is 3.88. The number of likely N-dealkylation sites (tertiary alicyclic amines) is 2. The summed E-state index contributed by atoms with van der Waals surface area (Å²) >= 11 is 0. The van der Waals surface area contributed by atoms with Crippen molar-refractivity contribution in [1.29, 1.82) is 0 Å². The Morgan fingerprint density at radius 3 is 2.67 bits per heavy atom. The molecule has 2 saturated heterocycles. The first-order valence-corrected chi connectivity index (χ1v) is 9.57. The quantitative estimate of drug-likeness (QED) is 0.895. The van der Waals surface area contributed by atoms with Gasteiger partial charge < -0.3 is 9.88 Å². The summed E-state index contributed by atoms with van der Waals surface area (Å²) < 4.78 is 27.1. The van der Waals surface area contributed by atoms with Gasteiger partial charge in [0, 0.05) is 42.5 Å². The molecule has 0 aliphatic carbocycles. The normalized spacial score (nSPS) is 22.4. The lowest BCUT2D eigenvalue weighted by Crippen LogP contribution is -2.53. The van der Waals surface area contributed by atoms with Crippen LogP contribution in [0.2, 0.25) is 0 Å². The van der Waals surface area contributed by atoms with Crippen LogP contribution in [0.5, 0.6) is 0 Å². The highest BCUT2D eigenvalue weighted by Gasteiger charge is 2.35. The number of rotatable bonds is 4. The van der Waals surface area contributed by atoms with E-state index >= 15 is 0 Å². The summed E-state index contributed by atoms with van der Waals surface area (Å²) in [6.45, 7) is 2.57. The number of hydrogen-bond acceptors (Lipinski definition) is 3. The molecule has 0 spiro atoms. The van der Waals surface area contributed by atoms with Crippen LogP contribution in [-0.4, -0.2) is 51.4 Å². The van der Waals surface area contributed by atoms with Crippen molar-refractivity contribution in [3.63, 3.8) is 0 Å². The minimum Gasteiger partial charge on any atom is -0.348 e. The van der Waals surface area contributed by atoms with Gasteiger partial charge in [-0.05, 0) is 44.8 Å². The molecule has 2 aromatic rings. The Balaban J connectivity index is 1.38. The smallest absolute Gasteiger partial charge is 0.240 e. The van der Waals surface area contributed by atoms with Gasteiger partial charge in [-0.1, -0.05) is 6.07 Å². The van der Waals surface area contributed by atoms with Gasteiger partial charge in [-0.2, -0.15) is 0 Å². The fourth-order valence-electron chi connectivity index (χ4n) is 4.28. The molecular formula is C20H24F2N4O. The molecule has 1 N–H and O–H groups in total. The van der Waals surface area contributed by atoms with Gasteiger partial charge in [-0.15, -0.1) is 0 Å². The Labute approximate surface area is 157 Å². The second-order valence-electron chi connectivity index (χ2n) is 7.47. The van der Waals surface area contributed by atoms with Crippen molar-refractivity contribution in [2.75, 3.05) is 19.6 Å². The number of imidazole rings is 1. The van der Waals surface area contributed by atoms with Gasteiger partial charge in [-0.25, -0.2) is 13.8 Å². The van der Waals surface area contributed by atoms with E-state index in [0.29, 0.717) is 18.0 Å². The highest BCUT2D eigenvalue weighted by molar-refractivity contribution is 5.82. The van der Waals surface area contributed by atoms with Crippen molar-refractivity contribution in [2.24, 2.45) is 0 Å². The molecule has 0 radical (unpaired) electrons. The molecule has 3 heterocycles. The van der Waals surface area contributed by atoms with Crippen LogP contribution in [0.25, 0.3) is 0 Å². The summed E-state index contributed by atoms with van der Waals surface area (Å²) in [6, 6.07) is 3.41. The van der Waals surface area contributed by atoms with Gasteiger partial charge in [-0.3, -0.25) is 9.69 Å². The number of H-pyrrole nitrogens is 1. The van der Waals surface area contributed by atoms with Crippen LogP contribution in [0.15, 0.2) is 30.7 Å². The van der Waals surface area contributed by atoms with Crippen LogP contribution in [0.4, 0.5) is 8.78 Å². The molecule has 1 aromatic carbocycles. The number of hydrogen-bond donors (Lipinski definition) is 1. The van der Waals surface area contributed by atoms with E-state index in [1.54, 1.807) is 11.2 Å². The van der Waals surface area contributed by atoms with Crippen LogP contribution >= 0.6 is 0 Å². The molecule has 7 heteroatoms. The van der Waals surface area contributed by atoms with Crippen LogP contribution in [0, 0.1) is 11.6 Å². The van der Waals surface area contributed by atoms with E-state index in [9.17, 15) is 13.6 Å². The maximum Gasteiger partial charge on any atom is 0.240 e. The molecule has 5 nitrogen and oxygen atoms in total. The first-order chi connectivity index (χ1) is 13.1. The summed E-state index contributed by atoms with van der Waals surface area (Å²) in [6.07, 6.45) is 7.33. The highest BCUT2D eigenvalue weighted by atomic mass is 19.1. The zero-order valence-electron chi connectivity index (χ0n) is 15.2. The van der Waals surface area contributed by atoms with E-state index in [1.807, 2.05) is 6.20 Å². The molecule has 1 aromatic heterocycles. The molecule has 2 aliphatic rings. The third-order valence-corrected chi connectivity index (χ3v) is 5.81. The fourth-order valence-corrected chi connectivity index (χ4v) is 4.28. The molecule has 2 fully saturated rings. The zero-order chi connectivity index (χ0) is 18.8. The van der Waals surface area contributed by atoms with E-state index in [1.165, 1.54) is 12.1 Å². The number of nitrogens with zero attached hydrogens (tertiary/aromatic N) is 3. The predicted octanol–water partition coefficient (Wildman–Crippen LogP) is 3.06. The highest BCUT2D eigenvalue weighted by Crippen LogP contribution is 2.30. The first kappa shape index (κ1) is 18.1. The van der Waals surface area contributed by atoms with Gasteiger partial charge in [0.05, 0.1) is 12.4 Å². The van der Waals surface area contributed by atoms with Gasteiger partial charge in [0.2, 0.25) is 5.91 Å². The lowest BCUT2D eigenvalue weighted by atomic mass is 9.91. The maximum atomic E-state index is 14.0. The second-order valence-corrected chi connectivity index (χ2v) is 7.47. The summed E-state index contributed by atoms with van der Waals surface area (Å²) in [7, 11) is 0. The molecule has 1 amide bonds. The number of piperidine rings is 2. The van der Waals surface area contributed by atoms with Crippen molar-refractivity contribution in [3.05, 3.63) is 53.6 Å². The molecule has 27 heavy (non-hydrogen) atoms. The van der Waals surface area contributed by atoms with Crippen molar-refractivity contribution in [3.8, 4) is 0 Å². The van der Waals surface area contributed by atoms with Gasteiger partial charge in [0.1, 0.15) is 11.6 Å². The molecule has 4 rings (SSSR count). The number of carbonyl (C=O) groups excluding carboxylic acids is 1. The first-order valence-electron chi connectivity index (χ1n) is 9.57. The Morgan fingerprint density at radius 2 is 1.96 bits per heavy atom. The van der Waals surface area contributed by atoms with Crippen LogP contribution < -0.4 is 0 Å². The number of aromatic nitrogens is 2. The number of amides is 1. The third-order valence-electron chi connectivity index (χ3n) is 5.81. The van der Waals surface area contributed by atoms with Crippen LogP contribution in [0.1, 0.15) is 42.9 Å². The van der Waals surface area contributed by atoms with E-state index < -0.39 is 11.6 Å². The van der Waals surface area contributed by atoms with Crippen molar-refractivity contribution in [2.45, 2.75) is 44.2 Å². The topological polar surface area (TPSA) is 52.2 Å². The lowest BCUT2D eigenvalue weighted by molar-refractivity contribution is -0.141. The Bertz CT molecular complexity index is 787. The lowest BCUT2D eigenvalue weighted by Gasteiger charge is -2.41. The Hall–Kier alpha value is -2.28. The fraction of sp³-hybridized carbons (Fsp3) is 0.500. The van der Waals surface area contributed by atoms with Crippen molar-refractivity contribution < 1.29 is 13.6 Å². The number of carbonyl (C=O) groups is 1. The minimum absolute atomic E-state index is 0.0602. The molecule has 0 bridgehead atoms. The SMILES string of the molecule is O=C1C(N2CCC(c3cnc[nH]3)CC2)CCCN1Cc1ccc(F)cc1F. The molecular weight excluding hydrogens is 350 g/mol. The molecule has 144 valence electrons. The largest absolute Gasteiger partial charge is 0.348 e. The molecule has 2 aliphatic heterocycles. The standard InChI is InChI=1S/C20H24F2N4O/c21-16-4-3-15(17(22)10-16)12-26-7-1-2-19(20(26)27)25-8-5-14(6-9-25)18-11-23-13-24-18/h3-4,10-11,13-14,19H,1-2,5-9,12H2,(H,23,24). The number of halogens is 2. The average Bonchev–Trinajstić information content (AvgIpc) is 3.20. The van der Waals surface area contributed by atoms with E-state index in [2.05, 4.69) is 14.9 Å². The van der Waals surface area contributed by atoms with Gasteiger partial charge >= 0.3 is 0 Å². The predicted molar refractivity (Wildman–Crippen MR) is 96.9 cm³/mol. The second kappa shape index (κ2) is 7.76. The van der Waals surface area contributed by atoms with E-state index in [0.717, 1.165) is 50.5 Å². The minimum atomic E-state index is -0.598. The summed E-state index contributed by atoms with van der Waals surface area (Å²) in [5, 5.41) is 0. The van der Waals surface area contributed by atoms with Gasteiger partial charge in [0.25, 0.3) is 0 Å². The van der Waals surface area contributed by atoms with Crippen molar-refractivity contribution in [1.82, 2.24) is 19.8 Å². The Morgan fingerprint density at radius 1 is 1.15 bits per heavy atom. The van der Waals surface area contributed by atoms with Crippen LogP contribution in [-0.2, 0) is 11.3 Å². The zero-order valence-corrected chi connectivity index (χ0v) is 15.2. The van der Waals surface area contributed by atoms with Gasteiger partial charge in [0.15, 0.2) is 0 Å². The van der Waals surface area contributed by atoms with E-state index in [-0.39, 0.29) is 18.5 Å². The number of aromatic amines is 1. The summed E-state index contributed by atoms with van der Waals surface area (Å²) in [4.78, 5) is 24.3. The summed E-state index contributed by atoms with van der Waals surface area (Å²) in [5.74, 6) is -0.665.